The van der Waals surface area contributed by atoms with E-state index in [9.17, 15) is 4.79 Å². The van der Waals surface area contributed by atoms with E-state index in [4.69, 9.17) is 0 Å². The Bertz CT molecular complexity index is 376. The lowest BCUT2D eigenvalue weighted by Crippen LogP contribution is -2.52. The number of hydrogen-bond donors (Lipinski definition) is 2. The van der Waals surface area contributed by atoms with Gasteiger partial charge in [0.25, 0.3) is 5.56 Å². The Morgan fingerprint density at radius 1 is 1.67 bits per heavy atom. The van der Waals surface area contributed by atoms with Gasteiger partial charge in [0.1, 0.15) is 0 Å². The number of hydrogen-bond acceptors (Lipinski definition) is 4. The van der Waals surface area contributed by atoms with Gasteiger partial charge < -0.3 is 15.2 Å². The van der Waals surface area contributed by atoms with Crippen molar-refractivity contribution in [3.63, 3.8) is 0 Å². The van der Waals surface area contributed by atoms with E-state index in [-0.39, 0.29) is 5.56 Å². The zero-order chi connectivity index (χ0) is 10.7. The van der Waals surface area contributed by atoms with Gasteiger partial charge in [-0.3, -0.25) is 4.79 Å². The maximum atomic E-state index is 11.6. The Hall–Kier alpha value is -1.36. The Kier molecular flexibility index (Phi) is 3.01. The molecule has 1 aromatic rings. The van der Waals surface area contributed by atoms with Crippen molar-refractivity contribution in [3.8, 4) is 0 Å². The summed E-state index contributed by atoms with van der Waals surface area (Å²) in [6, 6.07) is 0.370. The Morgan fingerprint density at radius 2 is 2.53 bits per heavy atom. The topological polar surface area (TPSA) is 61.0 Å². The van der Waals surface area contributed by atoms with Gasteiger partial charge in [-0.1, -0.05) is 6.92 Å². The highest BCUT2D eigenvalue weighted by atomic mass is 16.1. The van der Waals surface area contributed by atoms with Gasteiger partial charge in [-0.2, -0.15) is 0 Å². The van der Waals surface area contributed by atoms with Gasteiger partial charge in [-0.05, 0) is 6.42 Å². The fraction of sp³-hybridized carbons (Fsp3) is 0.600. The minimum atomic E-state index is -0.0992. The van der Waals surface area contributed by atoms with Crippen molar-refractivity contribution in [1.29, 1.82) is 0 Å². The van der Waals surface area contributed by atoms with Crippen molar-refractivity contribution < 1.29 is 0 Å². The predicted molar refractivity (Wildman–Crippen MR) is 59.2 cm³/mol. The van der Waals surface area contributed by atoms with Crippen LogP contribution in [0.2, 0.25) is 0 Å². The van der Waals surface area contributed by atoms with Crippen LogP contribution in [-0.4, -0.2) is 35.6 Å². The van der Waals surface area contributed by atoms with Gasteiger partial charge in [0.15, 0.2) is 5.82 Å². The molecule has 0 radical (unpaired) electrons. The summed E-state index contributed by atoms with van der Waals surface area (Å²) >= 11 is 0. The molecule has 5 heteroatoms. The molecule has 1 saturated heterocycles. The number of piperazine rings is 1. The van der Waals surface area contributed by atoms with E-state index in [1.165, 1.54) is 0 Å². The second-order valence-electron chi connectivity index (χ2n) is 3.70. The summed E-state index contributed by atoms with van der Waals surface area (Å²) in [4.78, 5) is 20.5. The Labute approximate surface area is 88.5 Å². The van der Waals surface area contributed by atoms with Crippen LogP contribution < -0.4 is 15.8 Å². The Balaban J connectivity index is 2.28. The molecule has 1 aromatic heterocycles. The number of aromatic amines is 1. The van der Waals surface area contributed by atoms with E-state index in [0.717, 1.165) is 26.1 Å². The zero-order valence-electron chi connectivity index (χ0n) is 8.86. The summed E-state index contributed by atoms with van der Waals surface area (Å²) in [7, 11) is 0. The van der Waals surface area contributed by atoms with Crippen LogP contribution in [0.5, 0.6) is 0 Å². The molecule has 2 rings (SSSR count). The molecule has 5 nitrogen and oxygen atoms in total. The molecule has 15 heavy (non-hydrogen) atoms. The first-order valence-electron chi connectivity index (χ1n) is 5.34. The molecule has 1 aliphatic rings. The van der Waals surface area contributed by atoms with Gasteiger partial charge in [0.2, 0.25) is 0 Å². The summed E-state index contributed by atoms with van der Waals surface area (Å²) in [6.07, 6.45) is 4.21. The van der Waals surface area contributed by atoms with Crippen LogP contribution in [0.25, 0.3) is 0 Å². The lowest BCUT2D eigenvalue weighted by molar-refractivity contribution is 0.461. The van der Waals surface area contributed by atoms with E-state index < -0.39 is 0 Å². The first-order chi connectivity index (χ1) is 7.33. The van der Waals surface area contributed by atoms with Gasteiger partial charge in [-0.25, -0.2) is 4.98 Å². The van der Waals surface area contributed by atoms with Crippen LogP contribution in [0.15, 0.2) is 17.2 Å². The molecule has 1 fully saturated rings. The molecule has 0 aliphatic carbocycles. The quantitative estimate of drug-likeness (QED) is 0.716. The minimum Gasteiger partial charge on any atom is -0.347 e. The molecule has 1 atom stereocenters. The van der Waals surface area contributed by atoms with E-state index in [2.05, 4.69) is 27.1 Å². The average molecular weight is 208 g/mol. The van der Waals surface area contributed by atoms with Crippen LogP contribution in [0.3, 0.4) is 0 Å². The summed E-state index contributed by atoms with van der Waals surface area (Å²) in [5, 5.41) is 3.32. The van der Waals surface area contributed by atoms with Crippen LogP contribution >= 0.6 is 0 Å². The predicted octanol–water partition coefficient (Wildman–Crippen LogP) is -0.0419. The number of nitrogens with zero attached hydrogens (tertiary/aromatic N) is 2. The van der Waals surface area contributed by atoms with E-state index in [1.54, 1.807) is 12.4 Å². The molecule has 1 unspecified atom stereocenters. The maximum absolute atomic E-state index is 11.6. The molecule has 0 spiro atoms. The summed E-state index contributed by atoms with van der Waals surface area (Å²) in [6.45, 7) is 4.80. The number of anilines is 1. The summed E-state index contributed by atoms with van der Waals surface area (Å²) in [5.41, 5.74) is -0.0992. The molecule has 82 valence electrons. The highest BCUT2D eigenvalue weighted by Crippen LogP contribution is 2.12. The average Bonchev–Trinajstić information content (AvgIpc) is 2.30. The number of aromatic nitrogens is 2. The molecule has 0 saturated carbocycles. The molecular formula is C10H16N4O. The standard InChI is InChI=1S/C10H16N4O/c1-2-8-7-11-5-6-14(8)9-10(15)13-4-3-12-9/h3-4,8,11H,2,5-7H2,1H3,(H,13,15). The molecule has 0 aromatic carbocycles. The Morgan fingerprint density at radius 3 is 3.27 bits per heavy atom. The monoisotopic (exact) mass is 208 g/mol. The van der Waals surface area contributed by atoms with Crippen molar-refractivity contribution in [2.45, 2.75) is 19.4 Å². The van der Waals surface area contributed by atoms with Gasteiger partial charge in [0, 0.05) is 38.1 Å². The van der Waals surface area contributed by atoms with Gasteiger partial charge in [0.05, 0.1) is 0 Å². The molecule has 2 heterocycles. The van der Waals surface area contributed by atoms with Crippen LogP contribution in [0, 0.1) is 0 Å². The second kappa shape index (κ2) is 4.44. The van der Waals surface area contributed by atoms with E-state index in [0.29, 0.717) is 11.9 Å². The first kappa shape index (κ1) is 10.2. The lowest BCUT2D eigenvalue weighted by atomic mass is 10.1. The minimum absolute atomic E-state index is 0.0992. The van der Waals surface area contributed by atoms with Crippen LogP contribution in [0.1, 0.15) is 13.3 Å². The van der Waals surface area contributed by atoms with Crippen molar-refractivity contribution >= 4 is 5.82 Å². The molecular weight excluding hydrogens is 192 g/mol. The second-order valence-corrected chi connectivity index (χ2v) is 3.70. The molecule has 2 N–H and O–H groups in total. The summed E-state index contributed by atoms with van der Waals surface area (Å²) in [5.74, 6) is 0.547. The van der Waals surface area contributed by atoms with Gasteiger partial charge >= 0.3 is 0 Å². The van der Waals surface area contributed by atoms with E-state index in [1.807, 2.05) is 0 Å². The number of rotatable bonds is 2. The van der Waals surface area contributed by atoms with Crippen molar-refractivity contribution in [3.05, 3.63) is 22.7 Å². The first-order valence-corrected chi connectivity index (χ1v) is 5.34. The smallest absolute Gasteiger partial charge is 0.290 e. The zero-order valence-corrected chi connectivity index (χ0v) is 8.86. The van der Waals surface area contributed by atoms with Crippen molar-refractivity contribution in [2.75, 3.05) is 24.5 Å². The third-order valence-corrected chi connectivity index (χ3v) is 2.78. The number of nitrogens with one attached hydrogen (secondary N) is 2. The normalized spacial score (nSPS) is 21.7. The SMILES string of the molecule is CCC1CNCCN1c1ncc[nH]c1=O. The largest absolute Gasteiger partial charge is 0.347 e. The number of H-pyrrole nitrogens is 1. The molecule has 0 amide bonds. The van der Waals surface area contributed by atoms with Gasteiger partial charge in [-0.15, -0.1) is 0 Å². The highest BCUT2D eigenvalue weighted by Gasteiger charge is 2.23. The lowest BCUT2D eigenvalue weighted by Gasteiger charge is -2.35. The molecule has 1 aliphatic heterocycles. The fourth-order valence-electron chi connectivity index (χ4n) is 1.95. The fourth-order valence-corrected chi connectivity index (χ4v) is 1.95. The third-order valence-electron chi connectivity index (χ3n) is 2.78. The van der Waals surface area contributed by atoms with Crippen molar-refractivity contribution in [2.24, 2.45) is 0 Å². The molecule has 0 bridgehead atoms. The highest BCUT2D eigenvalue weighted by molar-refractivity contribution is 5.37. The summed E-state index contributed by atoms with van der Waals surface area (Å²) < 4.78 is 0. The maximum Gasteiger partial charge on any atom is 0.290 e. The third kappa shape index (κ3) is 2.02. The van der Waals surface area contributed by atoms with Crippen LogP contribution in [-0.2, 0) is 0 Å². The van der Waals surface area contributed by atoms with Crippen molar-refractivity contribution in [1.82, 2.24) is 15.3 Å². The van der Waals surface area contributed by atoms with E-state index >= 15 is 0 Å². The van der Waals surface area contributed by atoms with Crippen LogP contribution in [0.4, 0.5) is 5.82 Å².